The molecule has 4 aromatic rings. The number of nitrogens with one attached hydrogen (secondary N) is 4. The summed E-state index contributed by atoms with van der Waals surface area (Å²) < 4.78 is 31.3. The molecule has 5 aliphatic rings. The number of aliphatic hydroxyl groups is 1. The Kier molecular flexibility index (Phi) is 17.4. The maximum Gasteiger partial charge on any atom is 0.246 e. The van der Waals surface area contributed by atoms with Crippen LogP contribution in [0.15, 0.2) is 54.3 Å². The molecular formula is C57H79F2N13O5S. The molecule has 5 aliphatic heterocycles. The van der Waals surface area contributed by atoms with Crippen LogP contribution in [-0.2, 0) is 25.7 Å². The number of halogens is 2. The maximum atomic E-state index is 15.8. The first-order valence-electron chi connectivity index (χ1n) is 27.7. The van der Waals surface area contributed by atoms with Crippen LogP contribution < -0.4 is 31.1 Å². The van der Waals surface area contributed by atoms with Gasteiger partial charge in [0.1, 0.15) is 41.7 Å². The third kappa shape index (κ3) is 13.7. The van der Waals surface area contributed by atoms with E-state index in [2.05, 4.69) is 69.7 Å². The zero-order chi connectivity index (χ0) is 55.5. The zero-order valence-electron chi connectivity index (χ0n) is 46.4. The lowest BCUT2D eigenvalue weighted by molar-refractivity contribution is -0.144. The first-order valence-corrected chi connectivity index (χ1v) is 28.6. The molecule has 5 fully saturated rings. The molecule has 18 nitrogen and oxygen atoms in total. The zero-order valence-corrected chi connectivity index (χ0v) is 47.2. The number of carbonyl (C=O) groups is 4. The van der Waals surface area contributed by atoms with Crippen molar-refractivity contribution in [2.45, 2.75) is 117 Å². The number of hydrogen-bond donors (Lipinski definition) is 5. The molecule has 7 heterocycles. The molecule has 0 bridgehead atoms. The molecule has 21 heteroatoms. The Morgan fingerprint density at radius 3 is 2.26 bits per heavy atom. The Hall–Kier alpha value is -5.87. The number of aryl methyl sites for hydroxylation is 1. The van der Waals surface area contributed by atoms with E-state index in [-0.39, 0.29) is 60.9 Å². The highest BCUT2D eigenvalue weighted by Crippen LogP contribution is 2.35. The van der Waals surface area contributed by atoms with Gasteiger partial charge in [-0.2, -0.15) is 0 Å². The lowest BCUT2D eigenvalue weighted by atomic mass is 9.82. The molecule has 78 heavy (non-hydrogen) atoms. The smallest absolute Gasteiger partial charge is 0.246 e. The Labute approximate surface area is 461 Å². The maximum absolute atomic E-state index is 15.8. The number of aliphatic hydroxyl groups excluding tert-OH is 1. The van der Waals surface area contributed by atoms with Crippen LogP contribution in [0.5, 0.6) is 0 Å². The number of anilines is 3. The molecule has 0 unspecified atom stereocenters. The highest BCUT2D eigenvalue weighted by atomic mass is 32.1. The predicted molar refractivity (Wildman–Crippen MR) is 299 cm³/mol. The number of hydrogen-bond acceptors (Lipinski definition) is 15. The lowest BCUT2D eigenvalue weighted by Gasteiger charge is -2.48. The minimum absolute atomic E-state index is 0.00264. The molecule has 4 atom stereocenters. The summed E-state index contributed by atoms with van der Waals surface area (Å²) >= 11 is 1.58. The minimum Gasteiger partial charge on any atom is -0.391 e. The van der Waals surface area contributed by atoms with Crippen molar-refractivity contribution in [2.24, 2.45) is 10.8 Å². The summed E-state index contributed by atoms with van der Waals surface area (Å²) in [5.74, 6) is -0.748. The van der Waals surface area contributed by atoms with Gasteiger partial charge >= 0.3 is 0 Å². The van der Waals surface area contributed by atoms with Gasteiger partial charge in [0.15, 0.2) is 0 Å². The second-order valence-electron chi connectivity index (χ2n) is 24.2. The Bertz CT molecular complexity index is 2770. The van der Waals surface area contributed by atoms with Crippen molar-refractivity contribution in [3.8, 4) is 10.4 Å². The monoisotopic (exact) mass is 1100 g/mol. The van der Waals surface area contributed by atoms with Gasteiger partial charge in [-0.3, -0.25) is 33.9 Å². The van der Waals surface area contributed by atoms with Gasteiger partial charge in [0.2, 0.25) is 23.6 Å². The molecule has 0 saturated carbocycles. The average Bonchev–Trinajstić information content (AvgIpc) is 4.04. The molecule has 2 aromatic carbocycles. The van der Waals surface area contributed by atoms with Gasteiger partial charge in [0.05, 0.1) is 52.5 Å². The normalized spacial score (nSPS) is 22.0. The Balaban J connectivity index is 0.705. The van der Waals surface area contributed by atoms with Crippen molar-refractivity contribution in [1.29, 1.82) is 0 Å². The SMILES string of the molecule is Cc1ncsc1-c1ccc([C@H](C)NC(=O)[C@@H]2C[C@@H](O)CN2C(=O)[C@@H](NC(=O)CN2CCN(CCNc3cc(N4CCC5(CC4)CN(c4cc(F)c(CN6CCC(C)(C)CC6)cc4F)CC(=O)N5)ncn3)CC2)C(C)(C)C)cc1. The van der Waals surface area contributed by atoms with Crippen LogP contribution >= 0.6 is 11.3 Å². The summed E-state index contributed by atoms with van der Waals surface area (Å²) in [7, 11) is 0. The third-order valence-corrected chi connectivity index (χ3v) is 17.6. The predicted octanol–water partition coefficient (Wildman–Crippen LogP) is 5.18. The number of aromatic nitrogens is 3. The van der Waals surface area contributed by atoms with E-state index in [4.69, 9.17) is 0 Å². The molecule has 9 rings (SSSR count). The topological polar surface area (TPSA) is 195 Å². The summed E-state index contributed by atoms with van der Waals surface area (Å²) in [4.78, 5) is 81.2. The number of benzene rings is 2. The second-order valence-corrected chi connectivity index (χ2v) is 25.0. The molecule has 0 radical (unpaired) electrons. The average molecular weight is 1100 g/mol. The number of piperidine rings is 2. The number of amides is 4. The standard InChI is InChI=1S/C57H79F2N13O5S/c1-37(39-8-10-40(11-9-39)51-38(2)63-36-78-51)64-53(76)46-27-42(73)31-72(46)54(77)52(55(3,4)5)65-49(74)32-69-24-22-67(23-25-69)21-16-60-47-29-48(62-35-61-47)70-19-14-57(15-20-70)34-71(33-50(75)66-57)45-28-43(58)41(26-44(45)59)30-68-17-12-56(6,7)13-18-68/h8-11,26,28-29,35-37,42,46,52,73H,12-25,27,30-34H2,1-7H3,(H,64,76)(H,65,74)(H,66,75)(H,60,61,62)/t37-,42+,46-,52+/m0/s1. The summed E-state index contributed by atoms with van der Waals surface area (Å²) in [6, 6.07) is 10.3. The minimum atomic E-state index is -0.922. The van der Waals surface area contributed by atoms with Crippen LogP contribution in [0.2, 0.25) is 0 Å². The molecule has 5 saturated heterocycles. The van der Waals surface area contributed by atoms with E-state index in [1.165, 1.54) is 17.0 Å². The molecule has 2 aromatic heterocycles. The van der Waals surface area contributed by atoms with Crippen molar-refractivity contribution in [2.75, 3.05) is 107 Å². The summed E-state index contributed by atoms with van der Waals surface area (Å²) in [5.41, 5.74) is 4.19. The second kappa shape index (κ2) is 23.8. The van der Waals surface area contributed by atoms with Gasteiger partial charge in [0, 0.05) is 96.1 Å². The van der Waals surface area contributed by atoms with Gasteiger partial charge in [-0.15, -0.1) is 11.3 Å². The number of β-amino-alcohol motifs (C(OH)–C–C–N with tert-alkyl or cyclic N) is 1. The highest BCUT2D eigenvalue weighted by Gasteiger charge is 2.46. The van der Waals surface area contributed by atoms with E-state index in [1.807, 2.05) is 70.5 Å². The molecule has 4 amide bonds. The molecule has 0 aliphatic carbocycles. The molecule has 1 spiro atoms. The van der Waals surface area contributed by atoms with Crippen LogP contribution in [0.3, 0.4) is 0 Å². The number of thiazole rings is 1. The Morgan fingerprint density at radius 1 is 0.872 bits per heavy atom. The first kappa shape index (κ1) is 56.8. The first-order chi connectivity index (χ1) is 37.1. The summed E-state index contributed by atoms with van der Waals surface area (Å²) in [6.45, 7) is 21.9. The van der Waals surface area contributed by atoms with E-state index in [1.54, 1.807) is 22.6 Å². The molecule has 422 valence electrons. The van der Waals surface area contributed by atoms with Gasteiger partial charge in [0.25, 0.3) is 0 Å². The van der Waals surface area contributed by atoms with Crippen molar-refractivity contribution in [3.63, 3.8) is 0 Å². The van der Waals surface area contributed by atoms with E-state index in [9.17, 15) is 24.3 Å². The van der Waals surface area contributed by atoms with E-state index >= 15 is 8.78 Å². The number of carbonyl (C=O) groups excluding carboxylic acids is 4. The van der Waals surface area contributed by atoms with Crippen molar-refractivity contribution in [3.05, 3.63) is 82.8 Å². The largest absolute Gasteiger partial charge is 0.391 e. The van der Waals surface area contributed by atoms with Crippen molar-refractivity contribution in [1.82, 2.24) is 50.5 Å². The van der Waals surface area contributed by atoms with Crippen molar-refractivity contribution >= 4 is 52.3 Å². The number of piperazine rings is 2. The molecular weight excluding hydrogens is 1020 g/mol. The van der Waals surface area contributed by atoms with E-state index in [0.29, 0.717) is 70.0 Å². The Morgan fingerprint density at radius 2 is 1.58 bits per heavy atom. The summed E-state index contributed by atoms with van der Waals surface area (Å²) in [5, 5.41) is 23.5. The van der Waals surface area contributed by atoms with Crippen LogP contribution in [-0.4, -0.2) is 179 Å². The lowest BCUT2D eigenvalue weighted by Crippen LogP contribution is -2.66. The third-order valence-electron chi connectivity index (χ3n) is 16.6. The van der Waals surface area contributed by atoms with Crippen molar-refractivity contribution < 1.29 is 33.1 Å². The summed E-state index contributed by atoms with van der Waals surface area (Å²) in [6.07, 6.45) is 4.01. The van der Waals surface area contributed by atoms with Gasteiger partial charge in [-0.05, 0) is 80.6 Å². The van der Waals surface area contributed by atoms with E-state index in [0.717, 1.165) is 73.1 Å². The molecule has 5 N–H and O–H groups in total. The highest BCUT2D eigenvalue weighted by molar-refractivity contribution is 7.13. The van der Waals surface area contributed by atoms with Crippen LogP contribution in [0.1, 0.15) is 96.5 Å². The number of nitrogens with zero attached hydrogens (tertiary/aromatic N) is 9. The van der Waals surface area contributed by atoms with Gasteiger partial charge < -0.3 is 41.1 Å². The number of likely N-dealkylation sites (tertiary alicyclic amines) is 2. The quantitative estimate of drug-likeness (QED) is 0.0985. The fraction of sp³-hybridized carbons (Fsp3) is 0.596. The van der Waals surface area contributed by atoms with E-state index < -0.39 is 46.7 Å². The van der Waals surface area contributed by atoms with Crippen LogP contribution in [0.25, 0.3) is 10.4 Å². The fourth-order valence-electron chi connectivity index (χ4n) is 11.6. The van der Waals surface area contributed by atoms with Gasteiger partial charge in [-0.1, -0.05) is 58.9 Å². The fourth-order valence-corrected chi connectivity index (χ4v) is 12.5. The van der Waals surface area contributed by atoms with Crippen LogP contribution in [0, 0.1) is 29.4 Å². The number of rotatable bonds is 16. The van der Waals surface area contributed by atoms with Gasteiger partial charge in [-0.25, -0.2) is 23.7 Å². The van der Waals surface area contributed by atoms with Crippen LogP contribution in [0.4, 0.5) is 26.1 Å².